The summed E-state index contributed by atoms with van der Waals surface area (Å²) in [6, 6.07) is 7.02. The van der Waals surface area contributed by atoms with Crippen LogP contribution in [0, 0.1) is 0 Å². The van der Waals surface area contributed by atoms with Crippen molar-refractivity contribution < 1.29 is 18.9 Å². The number of benzene rings is 1. The minimum Gasteiger partial charge on any atom is -0.494 e. The first-order valence-electron chi connectivity index (χ1n) is 16.2. The quantitative estimate of drug-likeness (QED) is 0.169. The summed E-state index contributed by atoms with van der Waals surface area (Å²) in [5.41, 5.74) is 2.46. The van der Waals surface area contributed by atoms with E-state index in [0.717, 1.165) is 67.7 Å². The largest absolute Gasteiger partial charge is 0.494 e. The Morgan fingerprint density at radius 3 is 2.62 bits per heavy atom. The Balaban J connectivity index is 1.01. The fraction of sp³-hybridized carbons (Fsp3) is 0.485. The zero-order valence-corrected chi connectivity index (χ0v) is 27.4. The molecule has 2 aliphatic heterocycles. The molecule has 0 unspecified atom stereocenters. The van der Waals surface area contributed by atoms with E-state index in [9.17, 15) is 0 Å². The van der Waals surface area contributed by atoms with Gasteiger partial charge in [0, 0.05) is 56.8 Å². The molecule has 0 radical (unpaired) electrons. The van der Waals surface area contributed by atoms with Gasteiger partial charge in [-0.05, 0) is 50.3 Å². The van der Waals surface area contributed by atoms with E-state index in [2.05, 4.69) is 41.1 Å². The highest BCUT2D eigenvalue weighted by Crippen LogP contribution is 2.39. The number of ether oxygens (including phenoxy) is 4. The minimum atomic E-state index is -0.165. The fourth-order valence-electron chi connectivity index (χ4n) is 6.54. The summed E-state index contributed by atoms with van der Waals surface area (Å²) in [6.07, 6.45) is 17.0. The Bertz CT molecular complexity index is 1650. The highest BCUT2D eigenvalue weighted by Gasteiger charge is 2.38. The molecule has 1 aliphatic carbocycles. The average molecular weight is 662 g/mol. The van der Waals surface area contributed by atoms with Gasteiger partial charge in [-0.15, -0.1) is 5.10 Å². The molecule has 47 heavy (non-hydrogen) atoms. The number of hydrogen-bond acceptors (Lipinski definition) is 11. The Morgan fingerprint density at radius 1 is 1.06 bits per heavy atom. The molecule has 248 valence electrons. The minimum absolute atomic E-state index is 0.165. The van der Waals surface area contributed by atoms with Gasteiger partial charge < -0.3 is 29.2 Å². The molecule has 3 aromatic heterocycles. The maximum absolute atomic E-state index is 6.47. The van der Waals surface area contributed by atoms with Crippen LogP contribution in [-0.4, -0.2) is 84.5 Å². The average Bonchev–Trinajstić information content (AvgIpc) is 3.92. The second kappa shape index (κ2) is 14.2. The van der Waals surface area contributed by atoms with Crippen molar-refractivity contribution in [2.45, 2.75) is 76.2 Å². The topological polar surface area (TPSA) is 127 Å². The van der Waals surface area contributed by atoms with Crippen LogP contribution < -0.4 is 14.8 Å². The number of rotatable bonds is 14. The van der Waals surface area contributed by atoms with Crippen LogP contribution in [0.1, 0.15) is 51.5 Å². The Morgan fingerprint density at radius 2 is 1.89 bits per heavy atom. The maximum atomic E-state index is 6.47. The molecule has 0 amide bonds. The maximum Gasteiger partial charge on any atom is 0.256 e. The summed E-state index contributed by atoms with van der Waals surface area (Å²) in [6.45, 7) is 4.45. The molecule has 2 atom stereocenters. The predicted molar refractivity (Wildman–Crippen MR) is 176 cm³/mol. The van der Waals surface area contributed by atoms with Gasteiger partial charge in [-0.25, -0.2) is 19.6 Å². The number of nitrogens with one attached hydrogen (secondary N) is 1. The van der Waals surface area contributed by atoms with Gasteiger partial charge in [0.1, 0.15) is 42.6 Å². The second-order valence-electron chi connectivity index (χ2n) is 12.3. The number of nitrogens with zero attached hydrogens (tertiary/aromatic N) is 8. The highest BCUT2D eigenvalue weighted by atomic mass is 35.5. The lowest BCUT2D eigenvalue weighted by Gasteiger charge is -2.38. The van der Waals surface area contributed by atoms with E-state index >= 15 is 0 Å². The lowest BCUT2D eigenvalue weighted by molar-refractivity contribution is 0.106. The van der Waals surface area contributed by atoms with Crippen molar-refractivity contribution >= 4 is 23.2 Å². The third-order valence-electron chi connectivity index (χ3n) is 8.91. The van der Waals surface area contributed by atoms with Crippen molar-refractivity contribution in [3.63, 3.8) is 0 Å². The first-order chi connectivity index (χ1) is 23.0. The lowest BCUT2D eigenvalue weighted by Crippen LogP contribution is -2.41. The molecule has 1 saturated heterocycles. The van der Waals surface area contributed by atoms with E-state index in [1.807, 2.05) is 31.3 Å². The normalized spacial score (nSPS) is 21.0. The van der Waals surface area contributed by atoms with Crippen LogP contribution in [0.2, 0.25) is 5.02 Å². The lowest BCUT2D eigenvalue weighted by atomic mass is 9.90. The van der Waals surface area contributed by atoms with Crippen LogP contribution in [0.3, 0.4) is 0 Å². The molecule has 1 aromatic carbocycles. The first-order valence-corrected chi connectivity index (χ1v) is 16.6. The number of fused-ring (bicyclic) bond motifs is 2. The Kier molecular flexibility index (Phi) is 9.43. The number of aromatic nitrogens is 7. The van der Waals surface area contributed by atoms with E-state index in [0.29, 0.717) is 60.5 Å². The number of methoxy groups -OCH3 is 1. The SMILES string of the molecule is COCCCOc1nn([C@H]2CC[C@H](N3C=C4C[C@@H]3CO4)CC2)cc1Nc1ncc(-c2ccc(Cl)c(O[C@@H](C)Cn3cncn3)c2)cn1. The summed E-state index contributed by atoms with van der Waals surface area (Å²) >= 11 is 6.47. The zero-order valence-electron chi connectivity index (χ0n) is 26.7. The Hall–Kier alpha value is -4.36. The van der Waals surface area contributed by atoms with Gasteiger partial charge >= 0.3 is 0 Å². The van der Waals surface area contributed by atoms with Gasteiger partial charge in [0.25, 0.3) is 5.88 Å². The van der Waals surface area contributed by atoms with Crippen LogP contribution in [0.4, 0.5) is 11.6 Å². The van der Waals surface area contributed by atoms with Gasteiger partial charge in [-0.2, -0.15) is 5.10 Å². The van der Waals surface area contributed by atoms with Crippen molar-refractivity contribution in [3.8, 4) is 22.8 Å². The second-order valence-corrected chi connectivity index (χ2v) is 12.7. The molecular formula is C33H40ClN9O4. The van der Waals surface area contributed by atoms with E-state index in [1.165, 1.54) is 6.33 Å². The van der Waals surface area contributed by atoms with Gasteiger partial charge in [-0.1, -0.05) is 17.7 Å². The van der Waals surface area contributed by atoms with E-state index in [-0.39, 0.29) is 6.10 Å². The van der Waals surface area contributed by atoms with Gasteiger partial charge in [-0.3, -0.25) is 4.68 Å². The number of anilines is 2. The zero-order chi connectivity index (χ0) is 32.2. The van der Waals surface area contributed by atoms with Crippen LogP contribution in [0.15, 0.2) is 61.4 Å². The molecule has 1 N–H and O–H groups in total. The third kappa shape index (κ3) is 7.31. The predicted octanol–water partition coefficient (Wildman–Crippen LogP) is 5.64. The van der Waals surface area contributed by atoms with Crippen molar-refractivity contribution in [2.75, 3.05) is 32.2 Å². The summed E-state index contributed by atoms with van der Waals surface area (Å²) in [5, 5.41) is 12.9. The third-order valence-corrected chi connectivity index (χ3v) is 9.22. The summed E-state index contributed by atoms with van der Waals surface area (Å²) in [5.74, 6) is 2.70. The molecule has 3 aliphatic rings. The molecule has 5 heterocycles. The Labute approximate surface area is 278 Å². The van der Waals surface area contributed by atoms with Crippen molar-refractivity contribution in [2.24, 2.45) is 0 Å². The standard InChI is InChI=1S/C33H40ClN9O4/c1-22(16-41-21-35-20-38-41)47-31-12-23(4-9-29(31)34)24-14-36-33(37-15-24)39-30-18-43(40-32(30)45-11-3-10-44-2)26-7-5-25(6-8-26)42-17-28-13-27(42)19-46-28/h4,9,12,14-15,17-18,20-22,25-27H,3,5-8,10-11,13,16,19H2,1-2H3,(H,36,37,39)/t22-,25-,26-,27+/m0/s1. The summed E-state index contributed by atoms with van der Waals surface area (Å²) in [7, 11) is 1.69. The first kappa shape index (κ1) is 31.3. The molecule has 14 heteroatoms. The molecule has 7 rings (SSSR count). The van der Waals surface area contributed by atoms with Gasteiger partial charge in [0.15, 0.2) is 0 Å². The molecule has 2 bridgehead atoms. The van der Waals surface area contributed by atoms with E-state index < -0.39 is 0 Å². The van der Waals surface area contributed by atoms with Crippen molar-refractivity contribution in [1.29, 1.82) is 0 Å². The number of hydrogen-bond donors (Lipinski definition) is 1. The molecule has 4 aromatic rings. The molecule has 1 saturated carbocycles. The monoisotopic (exact) mass is 661 g/mol. The number of halogens is 1. The fourth-order valence-corrected chi connectivity index (χ4v) is 6.70. The van der Waals surface area contributed by atoms with Crippen molar-refractivity contribution in [1.82, 2.24) is 39.4 Å². The summed E-state index contributed by atoms with van der Waals surface area (Å²) < 4.78 is 26.9. The molecular weight excluding hydrogens is 622 g/mol. The smallest absolute Gasteiger partial charge is 0.256 e. The van der Waals surface area contributed by atoms with Crippen LogP contribution in [-0.2, 0) is 16.0 Å². The summed E-state index contributed by atoms with van der Waals surface area (Å²) in [4.78, 5) is 15.7. The van der Waals surface area contributed by atoms with Gasteiger partial charge in [0.2, 0.25) is 5.95 Å². The van der Waals surface area contributed by atoms with E-state index in [4.69, 9.17) is 35.6 Å². The highest BCUT2D eigenvalue weighted by molar-refractivity contribution is 6.32. The molecule has 2 fully saturated rings. The van der Waals surface area contributed by atoms with Gasteiger partial charge in [0.05, 0.1) is 36.5 Å². The molecule has 0 spiro atoms. The van der Waals surface area contributed by atoms with Crippen LogP contribution in [0.5, 0.6) is 11.6 Å². The van der Waals surface area contributed by atoms with Crippen molar-refractivity contribution in [3.05, 3.63) is 66.4 Å². The molecule has 13 nitrogen and oxygen atoms in total. The van der Waals surface area contributed by atoms with Crippen LogP contribution >= 0.6 is 11.6 Å². The van der Waals surface area contributed by atoms with Crippen LogP contribution in [0.25, 0.3) is 11.1 Å². The van der Waals surface area contributed by atoms with E-state index in [1.54, 1.807) is 30.5 Å².